The molecule has 22 heavy (non-hydrogen) atoms. The molecular formula is C18H25NO3. The number of carbonyl (C=O) groups excluding carboxylic acids is 1. The minimum atomic E-state index is -0.329. The van der Waals surface area contributed by atoms with Crippen molar-refractivity contribution in [2.45, 2.75) is 44.8 Å². The number of hydrogen-bond acceptors (Lipinski definition) is 3. The largest absolute Gasteiger partial charge is 0.492 e. The van der Waals surface area contributed by atoms with Crippen molar-refractivity contribution >= 4 is 5.91 Å². The van der Waals surface area contributed by atoms with E-state index in [2.05, 4.69) is 0 Å². The molecule has 3 rings (SSSR count). The molecule has 0 bridgehead atoms. The highest BCUT2D eigenvalue weighted by Gasteiger charge is 2.36. The van der Waals surface area contributed by atoms with Gasteiger partial charge >= 0.3 is 0 Å². The Morgan fingerprint density at radius 3 is 2.82 bits per heavy atom. The Kier molecular flexibility index (Phi) is 4.98. The highest BCUT2D eigenvalue weighted by Crippen LogP contribution is 2.31. The summed E-state index contributed by atoms with van der Waals surface area (Å²) in [4.78, 5) is 14.4. The Labute approximate surface area is 132 Å². The molecule has 1 aliphatic heterocycles. The van der Waals surface area contributed by atoms with Gasteiger partial charge in [-0.05, 0) is 31.9 Å². The van der Waals surface area contributed by atoms with Crippen LogP contribution in [0, 0.1) is 5.92 Å². The molecule has 3 atom stereocenters. The normalized spacial score (nSPS) is 28.9. The van der Waals surface area contributed by atoms with E-state index in [1.165, 1.54) is 19.3 Å². The van der Waals surface area contributed by atoms with Gasteiger partial charge in [0.2, 0.25) is 0 Å². The Balaban J connectivity index is 1.57. The lowest BCUT2D eigenvalue weighted by Gasteiger charge is -2.31. The summed E-state index contributed by atoms with van der Waals surface area (Å²) in [6.07, 6.45) is 4.66. The Bertz CT molecular complexity index is 490. The van der Waals surface area contributed by atoms with Gasteiger partial charge in [-0.2, -0.15) is 0 Å². The highest BCUT2D eigenvalue weighted by atomic mass is 16.5. The summed E-state index contributed by atoms with van der Waals surface area (Å²) in [7, 11) is 0. The van der Waals surface area contributed by atoms with Crippen molar-refractivity contribution in [3.63, 3.8) is 0 Å². The number of amides is 1. The van der Waals surface area contributed by atoms with Crippen LogP contribution in [0.3, 0.4) is 0 Å². The second kappa shape index (κ2) is 7.14. The average molecular weight is 303 g/mol. The third-order valence-corrected chi connectivity index (χ3v) is 4.71. The van der Waals surface area contributed by atoms with Crippen LogP contribution in [0.2, 0.25) is 0 Å². The molecule has 1 unspecified atom stereocenters. The molecule has 120 valence electrons. The summed E-state index contributed by atoms with van der Waals surface area (Å²) < 4.78 is 11.7. The van der Waals surface area contributed by atoms with E-state index in [0.29, 0.717) is 19.1 Å². The van der Waals surface area contributed by atoms with E-state index in [1.54, 1.807) is 0 Å². The van der Waals surface area contributed by atoms with Gasteiger partial charge in [-0.25, -0.2) is 0 Å². The second-order valence-corrected chi connectivity index (χ2v) is 6.31. The van der Waals surface area contributed by atoms with Crippen molar-refractivity contribution in [2.75, 3.05) is 19.7 Å². The number of fused-ring (bicyclic) bond motifs is 1. The van der Waals surface area contributed by atoms with Crippen LogP contribution in [0.15, 0.2) is 30.3 Å². The van der Waals surface area contributed by atoms with Gasteiger partial charge in [0.15, 0.2) is 0 Å². The zero-order valence-electron chi connectivity index (χ0n) is 13.2. The molecule has 1 aliphatic carbocycles. The molecule has 4 nitrogen and oxygen atoms in total. The van der Waals surface area contributed by atoms with E-state index in [0.717, 1.165) is 18.7 Å². The number of rotatable bonds is 4. The maximum atomic E-state index is 12.5. The summed E-state index contributed by atoms with van der Waals surface area (Å²) in [6, 6.07) is 9.75. The van der Waals surface area contributed by atoms with E-state index in [4.69, 9.17) is 9.47 Å². The minimum absolute atomic E-state index is 0.103. The monoisotopic (exact) mass is 303 g/mol. The lowest BCUT2D eigenvalue weighted by Crippen LogP contribution is -2.41. The summed E-state index contributed by atoms with van der Waals surface area (Å²) in [5.41, 5.74) is 0. The Morgan fingerprint density at radius 1 is 1.23 bits per heavy atom. The van der Waals surface area contributed by atoms with Crippen LogP contribution in [0.5, 0.6) is 5.75 Å². The zero-order valence-corrected chi connectivity index (χ0v) is 13.2. The SMILES string of the molecule is CC1O[C@H]2CCCC[C@@H]2CN(CCOc2ccccc2)C1=O. The fraction of sp³-hybridized carbons (Fsp3) is 0.611. The third kappa shape index (κ3) is 3.61. The molecule has 0 aromatic heterocycles. The summed E-state index contributed by atoms with van der Waals surface area (Å²) in [5, 5.41) is 0. The molecule has 2 aliphatic rings. The van der Waals surface area contributed by atoms with E-state index < -0.39 is 0 Å². The number of nitrogens with zero attached hydrogens (tertiary/aromatic N) is 1. The molecule has 1 saturated heterocycles. The van der Waals surface area contributed by atoms with Crippen LogP contribution < -0.4 is 4.74 Å². The predicted molar refractivity (Wildman–Crippen MR) is 84.8 cm³/mol. The maximum absolute atomic E-state index is 12.5. The van der Waals surface area contributed by atoms with Gasteiger partial charge in [0.25, 0.3) is 5.91 Å². The first-order valence-electron chi connectivity index (χ1n) is 8.36. The highest BCUT2D eigenvalue weighted by molar-refractivity contribution is 5.80. The van der Waals surface area contributed by atoms with Crippen LogP contribution in [-0.4, -0.2) is 42.7 Å². The molecule has 1 amide bonds. The quantitative estimate of drug-likeness (QED) is 0.858. The molecular weight excluding hydrogens is 278 g/mol. The van der Waals surface area contributed by atoms with Gasteiger partial charge in [0.1, 0.15) is 18.5 Å². The molecule has 1 aromatic rings. The lowest BCUT2D eigenvalue weighted by molar-refractivity contribution is -0.142. The van der Waals surface area contributed by atoms with E-state index in [-0.39, 0.29) is 18.1 Å². The van der Waals surface area contributed by atoms with Crippen LogP contribution >= 0.6 is 0 Å². The fourth-order valence-corrected chi connectivity index (χ4v) is 3.50. The summed E-state index contributed by atoms with van der Waals surface area (Å²) >= 11 is 0. The number of hydrogen-bond donors (Lipinski definition) is 0. The van der Waals surface area contributed by atoms with Gasteiger partial charge in [-0.3, -0.25) is 4.79 Å². The van der Waals surface area contributed by atoms with E-state index >= 15 is 0 Å². The average Bonchev–Trinajstić information content (AvgIpc) is 2.66. The molecule has 2 fully saturated rings. The van der Waals surface area contributed by atoms with Crippen molar-refractivity contribution in [3.05, 3.63) is 30.3 Å². The first-order valence-corrected chi connectivity index (χ1v) is 8.36. The van der Waals surface area contributed by atoms with E-state index in [9.17, 15) is 4.79 Å². The number of benzene rings is 1. The van der Waals surface area contributed by atoms with Crippen molar-refractivity contribution in [1.82, 2.24) is 4.90 Å². The van der Waals surface area contributed by atoms with Gasteiger partial charge in [-0.15, -0.1) is 0 Å². The maximum Gasteiger partial charge on any atom is 0.251 e. The van der Waals surface area contributed by atoms with E-state index in [1.807, 2.05) is 42.2 Å². The molecule has 1 saturated carbocycles. The minimum Gasteiger partial charge on any atom is -0.492 e. The predicted octanol–water partition coefficient (Wildman–Crippen LogP) is 2.87. The van der Waals surface area contributed by atoms with Gasteiger partial charge in [0.05, 0.1) is 12.6 Å². The van der Waals surface area contributed by atoms with Crippen molar-refractivity contribution < 1.29 is 14.3 Å². The summed E-state index contributed by atoms with van der Waals surface area (Å²) in [6.45, 7) is 3.85. The van der Waals surface area contributed by atoms with Crippen LogP contribution in [-0.2, 0) is 9.53 Å². The fourth-order valence-electron chi connectivity index (χ4n) is 3.50. The van der Waals surface area contributed by atoms with Gasteiger partial charge in [0, 0.05) is 12.5 Å². The molecule has 4 heteroatoms. The molecule has 0 spiro atoms. The second-order valence-electron chi connectivity index (χ2n) is 6.31. The number of para-hydroxylation sites is 1. The van der Waals surface area contributed by atoms with Crippen LogP contribution in [0.4, 0.5) is 0 Å². The van der Waals surface area contributed by atoms with Crippen molar-refractivity contribution in [3.8, 4) is 5.75 Å². The zero-order chi connectivity index (χ0) is 15.4. The first kappa shape index (κ1) is 15.3. The smallest absolute Gasteiger partial charge is 0.251 e. The Morgan fingerprint density at radius 2 is 2.00 bits per heavy atom. The molecule has 1 heterocycles. The van der Waals surface area contributed by atoms with Gasteiger partial charge in [-0.1, -0.05) is 31.0 Å². The topological polar surface area (TPSA) is 38.8 Å². The van der Waals surface area contributed by atoms with Gasteiger partial charge < -0.3 is 14.4 Å². The van der Waals surface area contributed by atoms with Crippen LogP contribution in [0.1, 0.15) is 32.6 Å². The third-order valence-electron chi connectivity index (χ3n) is 4.71. The van der Waals surface area contributed by atoms with Crippen molar-refractivity contribution in [1.29, 1.82) is 0 Å². The lowest BCUT2D eigenvalue weighted by atomic mass is 9.86. The molecule has 0 radical (unpaired) electrons. The Hall–Kier alpha value is -1.55. The van der Waals surface area contributed by atoms with Crippen molar-refractivity contribution in [2.24, 2.45) is 5.92 Å². The number of ether oxygens (including phenoxy) is 2. The summed E-state index contributed by atoms with van der Waals surface area (Å²) in [5.74, 6) is 1.44. The standard InChI is InChI=1S/C18H25NO3/c1-14-18(20)19(11-12-21-16-8-3-2-4-9-16)13-15-7-5-6-10-17(15)22-14/h2-4,8-9,14-15,17H,5-7,10-13H2,1H3/t14?,15-,17+/m1/s1. The van der Waals surface area contributed by atoms with Crippen LogP contribution in [0.25, 0.3) is 0 Å². The number of carbonyl (C=O) groups is 1. The first-order chi connectivity index (χ1) is 10.7. The molecule has 0 N–H and O–H groups in total. The molecule has 1 aromatic carbocycles.